The molecule has 4 heteroatoms. The van der Waals surface area contributed by atoms with Gasteiger partial charge in [0.15, 0.2) is 5.58 Å². The number of aryl methyl sites for hydroxylation is 1. The molecule has 0 unspecified atom stereocenters. The Morgan fingerprint density at radius 2 is 2.23 bits per heavy atom. The summed E-state index contributed by atoms with van der Waals surface area (Å²) >= 11 is 0. The second-order valence-electron chi connectivity index (χ2n) is 2.80. The topological polar surface area (TPSA) is 52.0 Å². The fraction of sp³-hybridized carbons (Fsp3) is 0.222. The van der Waals surface area contributed by atoms with E-state index in [0.29, 0.717) is 6.54 Å². The van der Waals surface area contributed by atoms with Crippen molar-refractivity contribution in [3.05, 3.63) is 29.5 Å². The first kappa shape index (κ1) is 10.0. The molecule has 0 saturated carbocycles. The van der Waals surface area contributed by atoms with Gasteiger partial charge in [-0.1, -0.05) is 11.2 Å². The molecule has 0 bridgehead atoms. The van der Waals surface area contributed by atoms with E-state index in [-0.39, 0.29) is 12.4 Å². The molecular formula is C9H11ClN2O. The number of nitrogens with two attached hydrogens (primary N) is 1. The van der Waals surface area contributed by atoms with Crippen molar-refractivity contribution in [1.29, 1.82) is 0 Å². The molecule has 0 spiro atoms. The van der Waals surface area contributed by atoms with Crippen LogP contribution >= 0.6 is 12.4 Å². The summed E-state index contributed by atoms with van der Waals surface area (Å²) in [7, 11) is 0. The van der Waals surface area contributed by atoms with Gasteiger partial charge in [0.2, 0.25) is 0 Å². The maximum atomic E-state index is 5.51. The van der Waals surface area contributed by atoms with E-state index in [9.17, 15) is 0 Å². The number of nitrogens with zero attached hydrogens (tertiary/aromatic N) is 1. The van der Waals surface area contributed by atoms with Crippen LogP contribution in [-0.2, 0) is 6.54 Å². The summed E-state index contributed by atoms with van der Waals surface area (Å²) in [6.45, 7) is 2.48. The van der Waals surface area contributed by atoms with Gasteiger partial charge in [-0.15, -0.1) is 12.4 Å². The molecule has 0 atom stereocenters. The number of rotatable bonds is 1. The van der Waals surface area contributed by atoms with E-state index in [4.69, 9.17) is 10.3 Å². The minimum absolute atomic E-state index is 0. The van der Waals surface area contributed by atoms with Gasteiger partial charge in [-0.2, -0.15) is 0 Å². The fourth-order valence-electron chi connectivity index (χ4n) is 1.23. The number of benzene rings is 1. The third kappa shape index (κ3) is 1.66. The van der Waals surface area contributed by atoms with Crippen LogP contribution in [0.4, 0.5) is 0 Å². The summed E-state index contributed by atoms with van der Waals surface area (Å²) in [6.07, 6.45) is 0. The van der Waals surface area contributed by atoms with Gasteiger partial charge in [-0.05, 0) is 24.6 Å². The zero-order valence-corrected chi connectivity index (χ0v) is 8.10. The van der Waals surface area contributed by atoms with Crippen LogP contribution in [0.1, 0.15) is 11.3 Å². The lowest BCUT2D eigenvalue weighted by atomic mass is 10.1. The zero-order valence-electron chi connectivity index (χ0n) is 7.28. The van der Waals surface area contributed by atoms with Gasteiger partial charge in [-0.25, -0.2) is 0 Å². The van der Waals surface area contributed by atoms with E-state index in [2.05, 4.69) is 5.16 Å². The molecule has 1 heterocycles. The zero-order chi connectivity index (χ0) is 8.55. The van der Waals surface area contributed by atoms with Crippen LogP contribution in [0.15, 0.2) is 22.7 Å². The standard InChI is InChI=1S/C9H10N2O.ClH/c1-6-8-4-7(5-10)2-3-9(8)12-11-6;/h2-4H,5,10H2,1H3;1H. The van der Waals surface area contributed by atoms with Crippen LogP contribution in [-0.4, -0.2) is 5.16 Å². The van der Waals surface area contributed by atoms with Crippen molar-refractivity contribution in [2.24, 2.45) is 5.73 Å². The third-order valence-electron chi connectivity index (χ3n) is 1.95. The van der Waals surface area contributed by atoms with Crippen LogP contribution in [0.5, 0.6) is 0 Å². The molecule has 3 nitrogen and oxygen atoms in total. The summed E-state index contributed by atoms with van der Waals surface area (Å²) in [4.78, 5) is 0. The van der Waals surface area contributed by atoms with E-state index >= 15 is 0 Å². The third-order valence-corrected chi connectivity index (χ3v) is 1.95. The smallest absolute Gasteiger partial charge is 0.167 e. The molecule has 0 radical (unpaired) electrons. The lowest BCUT2D eigenvalue weighted by Gasteiger charge is -1.94. The van der Waals surface area contributed by atoms with Crippen molar-refractivity contribution in [2.45, 2.75) is 13.5 Å². The Hall–Kier alpha value is -1.06. The van der Waals surface area contributed by atoms with Crippen LogP contribution in [0.25, 0.3) is 11.0 Å². The predicted molar refractivity (Wildman–Crippen MR) is 53.9 cm³/mol. The number of hydrogen-bond donors (Lipinski definition) is 1. The van der Waals surface area contributed by atoms with Crippen molar-refractivity contribution in [1.82, 2.24) is 5.16 Å². The van der Waals surface area contributed by atoms with E-state index < -0.39 is 0 Å². The Morgan fingerprint density at radius 1 is 1.46 bits per heavy atom. The Labute approximate surface area is 82.3 Å². The number of hydrogen-bond acceptors (Lipinski definition) is 3. The second kappa shape index (κ2) is 3.77. The van der Waals surface area contributed by atoms with Gasteiger partial charge in [0.05, 0.1) is 5.69 Å². The molecule has 0 aliphatic carbocycles. The molecule has 0 amide bonds. The summed E-state index contributed by atoms with van der Waals surface area (Å²) in [5, 5.41) is 4.91. The van der Waals surface area contributed by atoms with E-state index in [1.165, 1.54) is 0 Å². The van der Waals surface area contributed by atoms with Gasteiger partial charge >= 0.3 is 0 Å². The summed E-state index contributed by atoms with van der Waals surface area (Å²) in [5.41, 5.74) is 8.35. The molecule has 1 aromatic heterocycles. The highest BCUT2D eigenvalue weighted by Crippen LogP contribution is 2.18. The Bertz CT molecular complexity index is 411. The first-order chi connectivity index (χ1) is 5.81. The molecule has 0 saturated heterocycles. The van der Waals surface area contributed by atoms with Crippen LogP contribution in [0, 0.1) is 6.92 Å². The monoisotopic (exact) mass is 198 g/mol. The Morgan fingerprint density at radius 3 is 2.92 bits per heavy atom. The molecule has 13 heavy (non-hydrogen) atoms. The van der Waals surface area contributed by atoms with E-state index in [1.54, 1.807) is 0 Å². The van der Waals surface area contributed by atoms with Crippen molar-refractivity contribution < 1.29 is 4.52 Å². The van der Waals surface area contributed by atoms with Crippen molar-refractivity contribution in [3.63, 3.8) is 0 Å². The van der Waals surface area contributed by atoms with Gasteiger partial charge in [-0.3, -0.25) is 0 Å². The predicted octanol–water partition coefficient (Wildman–Crippen LogP) is 2.02. The van der Waals surface area contributed by atoms with Gasteiger partial charge < -0.3 is 10.3 Å². The van der Waals surface area contributed by atoms with Crippen molar-refractivity contribution >= 4 is 23.4 Å². The summed E-state index contributed by atoms with van der Waals surface area (Å²) in [5.74, 6) is 0. The molecule has 1 aromatic carbocycles. The van der Waals surface area contributed by atoms with Crippen molar-refractivity contribution in [3.8, 4) is 0 Å². The Kier molecular flexibility index (Phi) is 2.90. The van der Waals surface area contributed by atoms with Crippen LogP contribution < -0.4 is 5.73 Å². The highest BCUT2D eigenvalue weighted by Gasteiger charge is 2.03. The minimum Gasteiger partial charge on any atom is -0.356 e. The molecule has 70 valence electrons. The molecule has 2 N–H and O–H groups in total. The molecule has 0 aliphatic rings. The maximum absolute atomic E-state index is 5.51. The summed E-state index contributed by atoms with van der Waals surface area (Å²) in [6, 6.07) is 5.87. The number of halogens is 1. The molecule has 2 rings (SSSR count). The van der Waals surface area contributed by atoms with Gasteiger partial charge in [0.1, 0.15) is 0 Å². The lowest BCUT2D eigenvalue weighted by molar-refractivity contribution is 0.450. The molecule has 0 aliphatic heterocycles. The highest BCUT2D eigenvalue weighted by molar-refractivity contribution is 5.85. The first-order valence-corrected chi connectivity index (χ1v) is 3.86. The lowest BCUT2D eigenvalue weighted by Crippen LogP contribution is -1.94. The SMILES string of the molecule is Cc1noc2ccc(CN)cc12.Cl. The maximum Gasteiger partial charge on any atom is 0.167 e. The fourth-order valence-corrected chi connectivity index (χ4v) is 1.23. The Balaban J connectivity index is 0.000000845. The normalized spacial score (nSPS) is 10.0. The average Bonchev–Trinajstić information content (AvgIpc) is 2.47. The second-order valence-corrected chi connectivity index (χ2v) is 2.80. The molecular weight excluding hydrogens is 188 g/mol. The van der Waals surface area contributed by atoms with Gasteiger partial charge in [0, 0.05) is 11.9 Å². The number of aromatic nitrogens is 1. The highest BCUT2D eigenvalue weighted by atomic mass is 35.5. The van der Waals surface area contributed by atoms with Crippen LogP contribution in [0.3, 0.4) is 0 Å². The van der Waals surface area contributed by atoms with E-state index in [1.807, 2.05) is 25.1 Å². The van der Waals surface area contributed by atoms with Gasteiger partial charge in [0.25, 0.3) is 0 Å². The largest absolute Gasteiger partial charge is 0.356 e. The van der Waals surface area contributed by atoms with E-state index in [0.717, 1.165) is 22.2 Å². The molecule has 2 aromatic rings. The first-order valence-electron chi connectivity index (χ1n) is 3.86. The number of fused-ring (bicyclic) bond motifs is 1. The summed E-state index contributed by atoms with van der Waals surface area (Å²) < 4.78 is 5.06. The average molecular weight is 199 g/mol. The quantitative estimate of drug-likeness (QED) is 0.763. The van der Waals surface area contributed by atoms with Crippen molar-refractivity contribution in [2.75, 3.05) is 0 Å². The minimum atomic E-state index is 0. The van der Waals surface area contributed by atoms with Crippen LogP contribution in [0.2, 0.25) is 0 Å². The molecule has 0 fully saturated rings.